The molecule has 0 fully saturated rings. The zero-order valence-electron chi connectivity index (χ0n) is 11.9. The minimum Gasteiger partial charge on any atom is -0.493 e. The quantitative estimate of drug-likeness (QED) is 0.859. The molecule has 0 unspecified atom stereocenters. The Balaban J connectivity index is 1.96. The van der Waals surface area contributed by atoms with Crippen LogP contribution >= 0.6 is 0 Å². The summed E-state index contributed by atoms with van der Waals surface area (Å²) in [7, 11) is 1.55. The fraction of sp³-hybridized carbons (Fsp3) is 0.267. The van der Waals surface area contributed by atoms with Gasteiger partial charge in [-0.1, -0.05) is 12.0 Å². The van der Waals surface area contributed by atoms with E-state index in [0.29, 0.717) is 17.4 Å². The number of carbonyl (C=O) groups is 1. The number of terminal acetylenes is 1. The lowest BCUT2D eigenvalue weighted by molar-refractivity contribution is -0.117. The van der Waals surface area contributed by atoms with Crippen LogP contribution in [0.15, 0.2) is 24.5 Å². The molecule has 1 N–H and O–H groups in total. The molecule has 7 nitrogen and oxygen atoms in total. The minimum atomic E-state index is -0.234. The van der Waals surface area contributed by atoms with Gasteiger partial charge in [0, 0.05) is 0 Å². The fourth-order valence-corrected chi connectivity index (χ4v) is 2.39. The second-order valence-corrected chi connectivity index (χ2v) is 4.70. The van der Waals surface area contributed by atoms with Crippen LogP contribution in [0.5, 0.6) is 11.5 Å². The third-order valence-electron chi connectivity index (χ3n) is 3.38. The molecule has 0 saturated carbocycles. The van der Waals surface area contributed by atoms with E-state index in [9.17, 15) is 4.79 Å². The molecule has 0 aliphatic carbocycles. The summed E-state index contributed by atoms with van der Waals surface area (Å²) in [5.41, 5.74) is 0.881. The number of methoxy groups -OCH3 is 1. The summed E-state index contributed by atoms with van der Waals surface area (Å²) in [5, 5.41) is 6.85. The van der Waals surface area contributed by atoms with Crippen LogP contribution in [-0.4, -0.2) is 34.4 Å². The fourth-order valence-electron chi connectivity index (χ4n) is 2.39. The number of anilines is 1. The van der Waals surface area contributed by atoms with E-state index in [1.807, 2.05) is 12.1 Å². The van der Waals surface area contributed by atoms with Crippen LogP contribution in [-0.2, 0) is 4.79 Å². The summed E-state index contributed by atoms with van der Waals surface area (Å²) in [6.07, 6.45) is 6.89. The molecule has 22 heavy (non-hydrogen) atoms. The van der Waals surface area contributed by atoms with Crippen molar-refractivity contribution < 1.29 is 14.3 Å². The molecule has 1 aromatic heterocycles. The highest BCUT2D eigenvalue weighted by molar-refractivity contribution is 5.91. The van der Waals surface area contributed by atoms with Gasteiger partial charge in [0.05, 0.1) is 19.6 Å². The van der Waals surface area contributed by atoms with Crippen LogP contribution in [0, 0.1) is 12.3 Å². The first-order valence-corrected chi connectivity index (χ1v) is 6.66. The lowest BCUT2D eigenvalue weighted by Crippen LogP contribution is -2.29. The van der Waals surface area contributed by atoms with Crippen molar-refractivity contribution >= 4 is 11.9 Å². The summed E-state index contributed by atoms with van der Waals surface area (Å²) >= 11 is 0. The maximum Gasteiger partial charge on any atom is 0.229 e. The molecule has 1 atom stereocenters. The van der Waals surface area contributed by atoms with E-state index in [1.165, 1.54) is 6.33 Å². The predicted molar refractivity (Wildman–Crippen MR) is 78.7 cm³/mol. The molecule has 0 bridgehead atoms. The van der Waals surface area contributed by atoms with E-state index in [0.717, 1.165) is 5.56 Å². The first-order valence-electron chi connectivity index (χ1n) is 6.66. The number of nitrogens with one attached hydrogen (secondary N) is 1. The molecule has 1 amide bonds. The minimum absolute atomic E-state index is 0.0999. The molecule has 0 radical (unpaired) electrons. The summed E-state index contributed by atoms with van der Waals surface area (Å²) in [4.78, 5) is 15.8. The molecule has 0 spiro atoms. The Kier molecular flexibility index (Phi) is 3.66. The molecule has 1 aliphatic heterocycles. The Morgan fingerprint density at radius 3 is 3.14 bits per heavy atom. The topological polar surface area (TPSA) is 78.3 Å². The van der Waals surface area contributed by atoms with E-state index >= 15 is 0 Å². The van der Waals surface area contributed by atoms with Gasteiger partial charge in [-0.05, 0) is 17.7 Å². The molecular weight excluding hydrogens is 284 g/mol. The second kappa shape index (κ2) is 5.77. The Morgan fingerprint density at radius 1 is 1.50 bits per heavy atom. The van der Waals surface area contributed by atoms with Crippen molar-refractivity contribution in [3.8, 4) is 23.8 Å². The second-order valence-electron chi connectivity index (χ2n) is 4.70. The normalized spacial score (nSPS) is 16.4. The number of fused-ring (bicyclic) bond motifs is 1. The summed E-state index contributed by atoms with van der Waals surface area (Å²) < 4.78 is 12.4. The molecule has 1 aliphatic rings. The lowest BCUT2D eigenvalue weighted by atomic mass is 10.0. The number of hydrogen-bond acceptors (Lipinski definition) is 5. The van der Waals surface area contributed by atoms with Crippen molar-refractivity contribution in [3.63, 3.8) is 0 Å². The van der Waals surface area contributed by atoms with Crippen molar-refractivity contribution in [2.45, 2.75) is 12.5 Å². The number of carbonyl (C=O) groups excluding carboxylic acids is 1. The Hall–Kier alpha value is -3.01. The maximum atomic E-state index is 11.8. The van der Waals surface area contributed by atoms with E-state index in [2.05, 4.69) is 21.3 Å². The average molecular weight is 298 g/mol. The zero-order chi connectivity index (χ0) is 15.5. The van der Waals surface area contributed by atoms with E-state index < -0.39 is 0 Å². The lowest BCUT2D eigenvalue weighted by Gasteiger charge is -2.24. The van der Waals surface area contributed by atoms with Crippen molar-refractivity contribution in [1.29, 1.82) is 0 Å². The summed E-state index contributed by atoms with van der Waals surface area (Å²) in [5.74, 6) is 3.86. The van der Waals surface area contributed by atoms with E-state index in [4.69, 9.17) is 15.9 Å². The van der Waals surface area contributed by atoms with Crippen LogP contribution in [0.3, 0.4) is 0 Å². The number of rotatable bonds is 4. The summed E-state index contributed by atoms with van der Waals surface area (Å²) in [6.45, 7) is 0.161. The van der Waals surface area contributed by atoms with Gasteiger partial charge in [0.15, 0.2) is 11.5 Å². The van der Waals surface area contributed by atoms with Crippen LogP contribution in [0.4, 0.5) is 5.95 Å². The number of aromatic nitrogens is 3. The average Bonchev–Trinajstić information content (AvgIpc) is 3.00. The highest BCUT2D eigenvalue weighted by Crippen LogP contribution is 2.34. The van der Waals surface area contributed by atoms with Gasteiger partial charge in [0.25, 0.3) is 0 Å². The van der Waals surface area contributed by atoms with Crippen LogP contribution in [0.2, 0.25) is 0 Å². The van der Waals surface area contributed by atoms with Gasteiger partial charge >= 0.3 is 0 Å². The van der Waals surface area contributed by atoms with Gasteiger partial charge in [-0.3, -0.25) is 10.1 Å². The number of hydrogen-bond donors (Lipinski definition) is 1. The van der Waals surface area contributed by atoms with Crippen molar-refractivity contribution in [3.05, 3.63) is 30.1 Å². The van der Waals surface area contributed by atoms with Crippen LogP contribution < -0.4 is 14.8 Å². The highest BCUT2D eigenvalue weighted by atomic mass is 16.5. The standard InChI is InChI=1S/C15H14N4O3/c1-3-6-22-12-5-4-10(7-13(12)21-2)11-8-14(20)18-15-16-9-17-19(11)15/h1,4-5,7,9,11H,6,8H2,2H3,(H,16,17,18,20)/t11-/m0/s1. The molecule has 112 valence electrons. The molecule has 2 heterocycles. The van der Waals surface area contributed by atoms with E-state index in [-0.39, 0.29) is 25.0 Å². The Bertz CT molecular complexity index is 747. The maximum absolute atomic E-state index is 11.8. The smallest absolute Gasteiger partial charge is 0.229 e. The van der Waals surface area contributed by atoms with Crippen LogP contribution in [0.1, 0.15) is 18.0 Å². The monoisotopic (exact) mass is 298 g/mol. The van der Waals surface area contributed by atoms with Gasteiger partial charge in [0.2, 0.25) is 11.9 Å². The first kappa shape index (κ1) is 13.9. The summed E-state index contributed by atoms with van der Waals surface area (Å²) in [6, 6.07) is 5.22. The third-order valence-corrected chi connectivity index (χ3v) is 3.38. The van der Waals surface area contributed by atoms with Gasteiger partial charge in [-0.2, -0.15) is 10.1 Å². The van der Waals surface area contributed by atoms with Gasteiger partial charge in [-0.15, -0.1) is 6.42 Å². The first-order chi connectivity index (χ1) is 10.7. The SMILES string of the molecule is C#CCOc1ccc([C@@H]2CC(=O)Nc3ncnn32)cc1OC. The zero-order valence-corrected chi connectivity index (χ0v) is 11.9. The van der Waals surface area contributed by atoms with Crippen LogP contribution in [0.25, 0.3) is 0 Å². The van der Waals surface area contributed by atoms with E-state index in [1.54, 1.807) is 17.9 Å². The molecule has 0 saturated heterocycles. The predicted octanol–water partition coefficient (Wildman–Crippen LogP) is 1.23. The third kappa shape index (κ3) is 2.46. The Labute approximate surface area is 127 Å². The van der Waals surface area contributed by atoms with Crippen molar-refractivity contribution in [2.24, 2.45) is 0 Å². The number of ether oxygens (including phenoxy) is 2. The highest BCUT2D eigenvalue weighted by Gasteiger charge is 2.28. The number of amides is 1. The van der Waals surface area contributed by atoms with Gasteiger partial charge in [0.1, 0.15) is 12.9 Å². The van der Waals surface area contributed by atoms with Gasteiger partial charge < -0.3 is 9.47 Å². The molecule has 7 heteroatoms. The van der Waals surface area contributed by atoms with Crippen molar-refractivity contribution in [1.82, 2.24) is 14.8 Å². The number of nitrogens with zero attached hydrogens (tertiary/aromatic N) is 3. The molecule has 2 aromatic rings. The van der Waals surface area contributed by atoms with Crippen molar-refractivity contribution in [2.75, 3.05) is 19.0 Å². The largest absolute Gasteiger partial charge is 0.493 e. The number of benzene rings is 1. The molecule has 3 rings (SSSR count). The van der Waals surface area contributed by atoms with Gasteiger partial charge in [-0.25, -0.2) is 4.68 Å². The Morgan fingerprint density at radius 2 is 2.36 bits per heavy atom. The molecular formula is C15H14N4O3. The molecule has 1 aromatic carbocycles.